The third kappa shape index (κ3) is 4.17. The molecule has 1 aromatic carbocycles. The fourth-order valence-corrected chi connectivity index (χ4v) is 2.69. The molecule has 130 valence electrons. The van der Waals surface area contributed by atoms with Gasteiger partial charge in [0, 0.05) is 25.1 Å². The number of nitriles is 1. The Bertz CT molecular complexity index is 775. The molecular formula is C18H20N4O3. The molecule has 7 heteroatoms. The predicted molar refractivity (Wildman–Crippen MR) is 91.0 cm³/mol. The fraction of sp³-hybridized carbons (Fsp3) is 0.389. The summed E-state index contributed by atoms with van der Waals surface area (Å²) in [5, 5.41) is 16.2. The van der Waals surface area contributed by atoms with Crippen molar-refractivity contribution in [3.63, 3.8) is 0 Å². The first-order valence-electron chi connectivity index (χ1n) is 8.23. The Kier molecular flexibility index (Phi) is 5.31. The molecule has 2 heterocycles. The third-order valence-corrected chi connectivity index (χ3v) is 4.10. The summed E-state index contributed by atoms with van der Waals surface area (Å²) in [5.41, 5.74) is 0.397. The molecule has 0 saturated carbocycles. The van der Waals surface area contributed by atoms with E-state index in [4.69, 9.17) is 14.7 Å². The quantitative estimate of drug-likeness (QED) is 0.871. The Morgan fingerprint density at radius 2 is 2.36 bits per heavy atom. The van der Waals surface area contributed by atoms with Gasteiger partial charge in [-0.15, -0.1) is 0 Å². The normalized spacial score (nSPS) is 17.7. The van der Waals surface area contributed by atoms with Crippen LogP contribution in [0.25, 0.3) is 0 Å². The van der Waals surface area contributed by atoms with E-state index in [9.17, 15) is 4.79 Å². The second-order valence-corrected chi connectivity index (χ2v) is 5.99. The number of ether oxygens (including phenoxy) is 2. The number of amides is 1. The summed E-state index contributed by atoms with van der Waals surface area (Å²) >= 11 is 0. The van der Waals surface area contributed by atoms with E-state index >= 15 is 0 Å². The molecule has 25 heavy (non-hydrogen) atoms. The standard InChI is InChI=1S/C18H20N4O3/c1-13(25-16-5-3-2-4-15(16)10-19)18(23)21-17-6-8-20-22(17)11-14-7-9-24-12-14/h2-6,8,13-14H,7,9,11-12H2,1H3,(H,21,23)/t13-,14-/m1/s1. The van der Waals surface area contributed by atoms with Crippen molar-refractivity contribution >= 4 is 11.7 Å². The Balaban J connectivity index is 1.62. The average molecular weight is 340 g/mol. The maximum Gasteiger partial charge on any atom is 0.266 e. The lowest BCUT2D eigenvalue weighted by molar-refractivity contribution is -0.122. The van der Waals surface area contributed by atoms with Gasteiger partial charge in [0.05, 0.1) is 18.4 Å². The number of aromatic nitrogens is 2. The van der Waals surface area contributed by atoms with Gasteiger partial charge in [-0.2, -0.15) is 10.4 Å². The minimum absolute atomic E-state index is 0.294. The first-order chi connectivity index (χ1) is 12.2. The van der Waals surface area contributed by atoms with Crippen LogP contribution in [-0.4, -0.2) is 35.0 Å². The van der Waals surface area contributed by atoms with Gasteiger partial charge in [-0.1, -0.05) is 12.1 Å². The molecule has 0 bridgehead atoms. The van der Waals surface area contributed by atoms with E-state index in [1.165, 1.54) is 0 Å². The van der Waals surface area contributed by atoms with Crippen molar-refractivity contribution in [3.8, 4) is 11.8 Å². The number of carbonyl (C=O) groups excluding carboxylic acids is 1. The topological polar surface area (TPSA) is 89.2 Å². The zero-order valence-corrected chi connectivity index (χ0v) is 14.0. The van der Waals surface area contributed by atoms with Crippen LogP contribution >= 0.6 is 0 Å². The van der Waals surface area contributed by atoms with Crippen molar-refractivity contribution in [1.82, 2.24) is 9.78 Å². The lowest BCUT2D eigenvalue weighted by atomic mass is 10.1. The Labute approximate surface area is 146 Å². The van der Waals surface area contributed by atoms with Gasteiger partial charge in [-0.25, -0.2) is 4.68 Å². The van der Waals surface area contributed by atoms with Crippen LogP contribution in [0.4, 0.5) is 5.82 Å². The molecule has 3 rings (SSSR count). The molecule has 1 N–H and O–H groups in total. The number of rotatable bonds is 6. The zero-order chi connectivity index (χ0) is 17.6. The summed E-state index contributed by atoms with van der Waals surface area (Å²) in [6.07, 6.45) is 1.91. The first-order valence-corrected chi connectivity index (χ1v) is 8.23. The third-order valence-electron chi connectivity index (χ3n) is 4.10. The van der Waals surface area contributed by atoms with Gasteiger partial charge in [-0.05, 0) is 25.5 Å². The Hall–Kier alpha value is -2.85. The van der Waals surface area contributed by atoms with E-state index in [1.807, 2.05) is 0 Å². The molecular weight excluding hydrogens is 320 g/mol. The summed E-state index contributed by atoms with van der Waals surface area (Å²) in [4.78, 5) is 12.4. The van der Waals surface area contributed by atoms with Gasteiger partial charge < -0.3 is 14.8 Å². The van der Waals surface area contributed by atoms with Gasteiger partial charge >= 0.3 is 0 Å². The van der Waals surface area contributed by atoms with Crippen LogP contribution in [-0.2, 0) is 16.1 Å². The maximum absolute atomic E-state index is 12.4. The monoisotopic (exact) mass is 340 g/mol. The molecule has 0 spiro atoms. The molecule has 1 aliphatic rings. The zero-order valence-electron chi connectivity index (χ0n) is 14.0. The van der Waals surface area contributed by atoms with E-state index < -0.39 is 6.10 Å². The van der Waals surface area contributed by atoms with Crippen LogP contribution < -0.4 is 10.1 Å². The molecule has 1 saturated heterocycles. The highest BCUT2D eigenvalue weighted by Crippen LogP contribution is 2.20. The van der Waals surface area contributed by atoms with Crippen LogP contribution in [0.2, 0.25) is 0 Å². The molecule has 0 aliphatic carbocycles. The Morgan fingerprint density at radius 3 is 3.12 bits per heavy atom. The van der Waals surface area contributed by atoms with Crippen molar-refractivity contribution in [1.29, 1.82) is 5.26 Å². The van der Waals surface area contributed by atoms with Crippen molar-refractivity contribution in [2.45, 2.75) is 26.0 Å². The summed E-state index contributed by atoms with van der Waals surface area (Å²) in [6, 6.07) is 10.6. The van der Waals surface area contributed by atoms with E-state index in [0.29, 0.717) is 29.6 Å². The molecule has 7 nitrogen and oxygen atoms in total. The second kappa shape index (κ2) is 7.81. The number of carbonyl (C=O) groups is 1. The molecule has 2 atom stereocenters. The molecule has 1 amide bonds. The van der Waals surface area contributed by atoms with E-state index in [1.54, 1.807) is 48.1 Å². The number of anilines is 1. The predicted octanol–water partition coefficient (Wildman–Crippen LogP) is 2.20. The summed E-state index contributed by atoms with van der Waals surface area (Å²) in [7, 11) is 0. The molecule has 0 unspecified atom stereocenters. The van der Waals surface area contributed by atoms with Gasteiger partial charge in [0.25, 0.3) is 5.91 Å². The van der Waals surface area contributed by atoms with Crippen LogP contribution in [0.3, 0.4) is 0 Å². The van der Waals surface area contributed by atoms with E-state index in [0.717, 1.165) is 19.6 Å². The van der Waals surface area contributed by atoms with Gasteiger partial charge in [0.15, 0.2) is 6.10 Å². The molecule has 1 fully saturated rings. The first kappa shape index (κ1) is 17.0. The van der Waals surface area contributed by atoms with Crippen LogP contribution in [0.15, 0.2) is 36.5 Å². The SMILES string of the molecule is C[C@@H](Oc1ccccc1C#N)C(=O)Nc1ccnn1C[C@H]1CCOC1. The smallest absolute Gasteiger partial charge is 0.266 e. The minimum Gasteiger partial charge on any atom is -0.480 e. The highest BCUT2D eigenvalue weighted by atomic mass is 16.5. The van der Waals surface area contributed by atoms with Gasteiger partial charge in [-0.3, -0.25) is 4.79 Å². The van der Waals surface area contributed by atoms with Crippen LogP contribution in [0.1, 0.15) is 18.9 Å². The highest BCUT2D eigenvalue weighted by molar-refractivity contribution is 5.93. The number of benzene rings is 1. The number of hydrogen-bond acceptors (Lipinski definition) is 5. The molecule has 0 radical (unpaired) electrons. The molecule has 2 aromatic rings. The largest absolute Gasteiger partial charge is 0.480 e. The van der Waals surface area contributed by atoms with E-state index in [-0.39, 0.29) is 5.91 Å². The average Bonchev–Trinajstić information content (AvgIpc) is 3.28. The van der Waals surface area contributed by atoms with Crippen LogP contribution in [0, 0.1) is 17.2 Å². The molecule has 1 aromatic heterocycles. The number of nitrogens with zero attached hydrogens (tertiary/aromatic N) is 3. The summed E-state index contributed by atoms with van der Waals surface area (Å²) < 4.78 is 12.8. The number of para-hydroxylation sites is 1. The van der Waals surface area contributed by atoms with Crippen molar-refractivity contribution in [2.24, 2.45) is 5.92 Å². The number of nitrogens with one attached hydrogen (secondary N) is 1. The summed E-state index contributed by atoms with van der Waals surface area (Å²) in [6.45, 7) is 3.85. The van der Waals surface area contributed by atoms with Gasteiger partial charge in [0.1, 0.15) is 17.6 Å². The second-order valence-electron chi connectivity index (χ2n) is 5.99. The van der Waals surface area contributed by atoms with Crippen LogP contribution in [0.5, 0.6) is 5.75 Å². The number of hydrogen-bond donors (Lipinski definition) is 1. The lowest BCUT2D eigenvalue weighted by Gasteiger charge is -2.17. The Morgan fingerprint density at radius 1 is 1.52 bits per heavy atom. The van der Waals surface area contributed by atoms with Gasteiger partial charge in [0.2, 0.25) is 0 Å². The van der Waals surface area contributed by atoms with Crippen molar-refractivity contribution in [3.05, 3.63) is 42.1 Å². The van der Waals surface area contributed by atoms with Crippen molar-refractivity contribution in [2.75, 3.05) is 18.5 Å². The van der Waals surface area contributed by atoms with Crippen molar-refractivity contribution < 1.29 is 14.3 Å². The minimum atomic E-state index is -0.743. The van der Waals surface area contributed by atoms with E-state index in [2.05, 4.69) is 16.5 Å². The maximum atomic E-state index is 12.4. The molecule has 1 aliphatic heterocycles. The summed E-state index contributed by atoms with van der Waals surface area (Å²) in [5.74, 6) is 1.13. The highest BCUT2D eigenvalue weighted by Gasteiger charge is 2.21. The lowest BCUT2D eigenvalue weighted by Crippen LogP contribution is -2.31. The fourth-order valence-electron chi connectivity index (χ4n) is 2.69.